The molecule has 7 heteroatoms. The molecule has 0 bridgehead atoms. The van der Waals surface area contributed by atoms with Gasteiger partial charge in [0, 0.05) is 39.5 Å². The van der Waals surface area contributed by atoms with E-state index < -0.39 is 4.92 Å². The number of aromatic nitrogens is 1. The second kappa shape index (κ2) is 7.32. The molecule has 1 rings (SSSR count). The molecule has 0 spiro atoms. The number of nitrogens with zero attached hydrogens (tertiary/aromatic N) is 3. The second-order valence-electron chi connectivity index (χ2n) is 3.93. The lowest BCUT2D eigenvalue weighted by Crippen LogP contribution is -2.06. The van der Waals surface area contributed by atoms with E-state index in [-0.39, 0.29) is 11.4 Å². The first-order valence-electron chi connectivity index (χ1n) is 5.66. The summed E-state index contributed by atoms with van der Waals surface area (Å²) in [6.45, 7) is 0.777. The highest BCUT2D eigenvalue weighted by Crippen LogP contribution is 2.21. The zero-order valence-corrected chi connectivity index (χ0v) is 11.2. The summed E-state index contributed by atoms with van der Waals surface area (Å²) in [6.07, 6.45) is 3.26. The molecule has 0 aliphatic rings. The lowest BCUT2D eigenvalue weighted by Gasteiger charge is -2.06. The topological polar surface area (TPSA) is 77.7 Å². The maximum Gasteiger partial charge on any atom is 0.295 e. The fourth-order valence-electron chi connectivity index (χ4n) is 1.26. The summed E-state index contributed by atoms with van der Waals surface area (Å²) in [5, 5.41) is 10.9. The van der Waals surface area contributed by atoms with Gasteiger partial charge in [-0.05, 0) is 6.08 Å². The van der Waals surface area contributed by atoms with Gasteiger partial charge in [-0.1, -0.05) is 0 Å². The molecule has 0 aliphatic carbocycles. The number of pyridine rings is 1. The molecule has 7 nitrogen and oxygen atoms in total. The van der Waals surface area contributed by atoms with Crippen molar-refractivity contribution < 1.29 is 14.4 Å². The van der Waals surface area contributed by atoms with Crippen LogP contribution in [0.1, 0.15) is 5.69 Å². The van der Waals surface area contributed by atoms with E-state index in [1.165, 1.54) is 12.1 Å². The fourth-order valence-corrected chi connectivity index (χ4v) is 1.26. The van der Waals surface area contributed by atoms with Crippen LogP contribution in [0.3, 0.4) is 0 Å². The van der Waals surface area contributed by atoms with Crippen LogP contribution in [0.15, 0.2) is 18.3 Å². The van der Waals surface area contributed by atoms with Crippen LogP contribution in [-0.4, -0.2) is 49.2 Å². The van der Waals surface area contributed by atoms with E-state index >= 15 is 0 Å². The lowest BCUT2D eigenvalue weighted by molar-refractivity contribution is -0.385. The average Bonchev–Trinajstić information content (AvgIpc) is 2.36. The molecule has 0 fully saturated rings. The molecule has 0 atom stereocenters. The number of hydrogen-bond acceptors (Lipinski definition) is 6. The highest BCUT2D eigenvalue weighted by atomic mass is 16.6. The van der Waals surface area contributed by atoms with Crippen LogP contribution in [-0.2, 0) is 4.74 Å². The van der Waals surface area contributed by atoms with Crippen molar-refractivity contribution in [3.8, 4) is 5.88 Å². The Morgan fingerprint density at radius 3 is 2.74 bits per heavy atom. The van der Waals surface area contributed by atoms with Crippen LogP contribution in [0.25, 0.3) is 6.08 Å². The summed E-state index contributed by atoms with van der Waals surface area (Å²) in [6, 6.07) is 2.85. The molecule has 0 N–H and O–H groups in total. The zero-order chi connectivity index (χ0) is 14.3. The molecule has 19 heavy (non-hydrogen) atoms. The Labute approximate surface area is 111 Å². The normalized spacial score (nSPS) is 10.7. The van der Waals surface area contributed by atoms with Gasteiger partial charge in [-0.15, -0.1) is 0 Å². The van der Waals surface area contributed by atoms with Gasteiger partial charge < -0.3 is 14.4 Å². The largest absolute Gasteiger partial charge is 0.475 e. The molecule has 0 aliphatic heterocycles. The van der Waals surface area contributed by atoms with E-state index in [2.05, 4.69) is 4.98 Å². The van der Waals surface area contributed by atoms with Gasteiger partial charge in [0.25, 0.3) is 5.69 Å². The monoisotopic (exact) mass is 267 g/mol. The zero-order valence-electron chi connectivity index (χ0n) is 11.2. The first-order valence-corrected chi connectivity index (χ1v) is 5.66. The highest BCUT2D eigenvalue weighted by molar-refractivity contribution is 5.57. The summed E-state index contributed by atoms with van der Waals surface area (Å²) in [5.74, 6) is 0.334. The smallest absolute Gasteiger partial charge is 0.295 e. The van der Waals surface area contributed by atoms with E-state index in [4.69, 9.17) is 9.47 Å². The highest BCUT2D eigenvalue weighted by Gasteiger charge is 2.14. The van der Waals surface area contributed by atoms with Gasteiger partial charge >= 0.3 is 0 Å². The molecule has 0 radical (unpaired) electrons. The van der Waals surface area contributed by atoms with Crippen LogP contribution >= 0.6 is 0 Å². The van der Waals surface area contributed by atoms with Gasteiger partial charge in [0.15, 0.2) is 0 Å². The van der Waals surface area contributed by atoms with Crippen molar-refractivity contribution in [1.29, 1.82) is 0 Å². The predicted octanol–water partition coefficient (Wildman–Crippen LogP) is 1.55. The minimum absolute atomic E-state index is 0.0582. The fraction of sp³-hybridized carbons (Fsp3) is 0.417. The number of nitro groups is 1. The maximum absolute atomic E-state index is 10.9. The third-order valence-corrected chi connectivity index (χ3v) is 2.14. The van der Waals surface area contributed by atoms with Crippen molar-refractivity contribution in [1.82, 2.24) is 9.88 Å². The van der Waals surface area contributed by atoms with Gasteiger partial charge in [0.1, 0.15) is 12.3 Å². The van der Waals surface area contributed by atoms with E-state index in [0.717, 1.165) is 0 Å². The van der Waals surface area contributed by atoms with Crippen molar-refractivity contribution in [2.75, 3.05) is 34.4 Å². The van der Waals surface area contributed by atoms with Crippen LogP contribution in [0, 0.1) is 10.1 Å². The van der Waals surface area contributed by atoms with Crippen molar-refractivity contribution >= 4 is 11.8 Å². The van der Waals surface area contributed by atoms with Crippen LogP contribution in [0.2, 0.25) is 0 Å². The minimum Gasteiger partial charge on any atom is -0.475 e. The molecule has 104 valence electrons. The molecule has 0 amide bonds. The third kappa shape index (κ3) is 4.92. The predicted molar refractivity (Wildman–Crippen MR) is 71.0 cm³/mol. The van der Waals surface area contributed by atoms with E-state index in [9.17, 15) is 10.1 Å². The van der Waals surface area contributed by atoms with Crippen LogP contribution in [0.5, 0.6) is 5.88 Å². The summed E-state index contributed by atoms with van der Waals surface area (Å²) in [7, 11) is 5.21. The Morgan fingerprint density at radius 1 is 1.42 bits per heavy atom. The van der Waals surface area contributed by atoms with Crippen molar-refractivity contribution in [3.05, 3.63) is 34.1 Å². The van der Waals surface area contributed by atoms with Crippen molar-refractivity contribution in [2.24, 2.45) is 0 Å². The number of rotatable bonds is 7. The maximum atomic E-state index is 10.9. The van der Waals surface area contributed by atoms with E-state index in [1.807, 2.05) is 14.1 Å². The molecule has 0 saturated heterocycles. The molecule has 1 heterocycles. The molecule has 0 unspecified atom stereocenters. The van der Waals surface area contributed by atoms with E-state index in [0.29, 0.717) is 19.1 Å². The molecule has 1 aromatic heterocycles. The first-order chi connectivity index (χ1) is 9.04. The Kier molecular flexibility index (Phi) is 5.74. The minimum atomic E-state index is -0.471. The van der Waals surface area contributed by atoms with Gasteiger partial charge in [0.05, 0.1) is 11.5 Å². The quantitative estimate of drug-likeness (QED) is 0.423. The Bertz CT molecular complexity index is 460. The van der Waals surface area contributed by atoms with Gasteiger partial charge in [-0.2, -0.15) is 0 Å². The molecule has 0 saturated carbocycles. The number of methoxy groups -OCH3 is 1. The summed E-state index contributed by atoms with van der Waals surface area (Å²) in [4.78, 5) is 16.3. The summed E-state index contributed by atoms with van der Waals surface area (Å²) >= 11 is 0. The molecule has 0 aromatic carbocycles. The Morgan fingerprint density at radius 2 is 2.16 bits per heavy atom. The number of hydrogen-bond donors (Lipinski definition) is 0. The first kappa shape index (κ1) is 14.9. The third-order valence-electron chi connectivity index (χ3n) is 2.14. The van der Waals surface area contributed by atoms with Crippen LogP contribution in [0.4, 0.5) is 5.69 Å². The summed E-state index contributed by atoms with van der Waals surface area (Å²) < 4.78 is 10.2. The van der Waals surface area contributed by atoms with Gasteiger partial charge in [-0.25, -0.2) is 4.98 Å². The SMILES string of the molecule is COCCOc1ccc([N+](=O)[O-])c(/C=C/N(C)C)n1. The Balaban J connectivity index is 2.94. The molecular formula is C12H17N3O4. The molecular weight excluding hydrogens is 250 g/mol. The van der Waals surface area contributed by atoms with Crippen molar-refractivity contribution in [2.45, 2.75) is 0 Å². The Hall–Kier alpha value is -2.15. The standard InChI is InChI=1S/C12H17N3O4/c1-14(2)7-6-10-11(15(16)17)4-5-12(13-10)19-9-8-18-3/h4-7H,8-9H2,1-3H3/b7-6+. The van der Waals surface area contributed by atoms with Crippen molar-refractivity contribution in [3.63, 3.8) is 0 Å². The summed E-state index contributed by atoms with van der Waals surface area (Å²) in [5.41, 5.74) is 0.200. The lowest BCUT2D eigenvalue weighted by atomic mass is 10.3. The van der Waals surface area contributed by atoms with Gasteiger partial charge in [-0.3, -0.25) is 10.1 Å². The molecule has 1 aromatic rings. The number of ether oxygens (including phenoxy) is 2. The second-order valence-corrected chi connectivity index (χ2v) is 3.93. The average molecular weight is 267 g/mol. The van der Waals surface area contributed by atoms with E-state index in [1.54, 1.807) is 24.3 Å². The van der Waals surface area contributed by atoms with Crippen LogP contribution < -0.4 is 4.74 Å². The van der Waals surface area contributed by atoms with Gasteiger partial charge in [0.2, 0.25) is 5.88 Å².